The third-order valence-electron chi connectivity index (χ3n) is 2.50. The highest BCUT2D eigenvalue weighted by atomic mass is 35.5. The Morgan fingerprint density at radius 1 is 1.38 bits per heavy atom. The molecular weight excluding hydrogens is 248 g/mol. The fourth-order valence-electron chi connectivity index (χ4n) is 1.59. The van der Waals surface area contributed by atoms with Crippen molar-refractivity contribution in [2.75, 3.05) is 0 Å². The summed E-state index contributed by atoms with van der Waals surface area (Å²) in [5.74, 6) is -0.959. The van der Waals surface area contributed by atoms with Gasteiger partial charge in [0.25, 0.3) is 0 Å². The molecule has 84 valence electrons. The zero-order valence-electron chi connectivity index (χ0n) is 8.27. The molecule has 1 saturated carbocycles. The van der Waals surface area contributed by atoms with E-state index in [1.54, 1.807) is 24.3 Å². The maximum Gasteiger partial charge on any atom is 0.321 e. The Labute approximate surface area is 102 Å². The number of Topliss-reactive ketones (excluding diaryl/α,β-unsaturated/α-hetero) is 1. The van der Waals surface area contributed by atoms with Crippen LogP contribution in [-0.4, -0.2) is 21.6 Å². The molecular formula is C11H9ClO3S. The Morgan fingerprint density at radius 3 is 2.50 bits per heavy atom. The standard InChI is InChI=1S/C11H9ClO3S/c12-8-3-1-2-4-9(8)16-11(10(14)15)5-7(13)6-11/h1-4H,5-6H2,(H,14,15). The van der Waals surface area contributed by atoms with Gasteiger partial charge in [-0.05, 0) is 12.1 Å². The molecule has 0 amide bonds. The number of halogens is 1. The lowest BCUT2D eigenvalue weighted by atomic mass is 9.83. The van der Waals surface area contributed by atoms with E-state index in [0.29, 0.717) is 9.92 Å². The van der Waals surface area contributed by atoms with Crippen LogP contribution in [0.2, 0.25) is 5.02 Å². The molecule has 3 nitrogen and oxygen atoms in total. The first-order chi connectivity index (χ1) is 7.53. The van der Waals surface area contributed by atoms with Gasteiger partial charge < -0.3 is 5.11 Å². The molecule has 2 rings (SSSR count). The minimum atomic E-state index is -1.01. The van der Waals surface area contributed by atoms with Crippen molar-refractivity contribution in [3.63, 3.8) is 0 Å². The summed E-state index contributed by atoms with van der Waals surface area (Å²) in [4.78, 5) is 22.8. The maximum absolute atomic E-state index is 11.1. The number of carboxylic acid groups (broad SMARTS) is 1. The highest BCUT2D eigenvalue weighted by Gasteiger charge is 2.51. The van der Waals surface area contributed by atoms with Gasteiger partial charge in [-0.2, -0.15) is 0 Å². The number of carboxylic acids is 1. The molecule has 1 aliphatic carbocycles. The Hall–Kier alpha value is -1.00. The fraction of sp³-hybridized carbons (Fsp3) is 0.273. The molecule has 0 atom stereocenters. The molecule has 0 saturated heterocycles. The van der Waals surface area contributed by atoms with E-state index in [1.807, 2.05) is 0 Å². The minimum Gasteiger partial charge on any atom is -0.480 e. The van der Waals surface area contributed by atoms with Crippen molar-refractivity contribution in [3.05, 3.63) is 29.3 Å². The molecule has 0 unspecified atom stereocenters. The monoisotopic (exact) mass is 256 g/mol. The summed E-state index contributed by atoms with van der Waals surface area (Å²) in [5, 5.41) is 9.66. The average Bonchev–Trinajstić information content (AvgIpc) is 2.18. The van der Waals surface area contributed by atoms with Crippen LogP contribution in [0.4, 0.5) is 0 Å². The zero-order valence-corrected chi connectivity index (χ0v) is 9.85. The van der Waals surface area contributed by atoms with E-state index in [0.717, 1.165) is 11.8 Å². The first kappa shape index (κ1) is 11.5. The van der Waals surface area contributed by atoms with Crippen LogP contribution in [-0.2, 0) is 9.59 Å². The van der Waals surface area contributed by atoms with Crippen molar-refractivity contribution in [2.24, 2.45) is 0 Å². The van der Waals surface area contributed by atoms with Crippen LogP contribution < -0.4 is 0 Å². The lowest BCUT2D eigenvalue weighted by molar-refractivity contribution is -0.147. The van der Waals surface area contributed by atoms with Crippen LogP contribution in [0, 0.1) is 0 Å². The third kappa shape index (κ3) is 1.95. The summed E-state index contributed by atoms with van der Waals surface area (Å²) in [7, 11) is 0. The average molecular weight is 257 g/mol. The van der Waals surface area contributed by atoms with E-state index in [1.165, 1.54) is 0 Å². The van der Waals surface area contributed by atoms with Crippen LogP contribution in [0.1, 0.15) is 12.8 Å². The zero-order chi connectivity index (χ0) is 11.8. The second kappa shape index (κ2) is 4.11. The molecule has 1 aromatic rings. The first-order valence-electron chi connectivity index (χ1n) is 4.72. The second-order valence-electron chi connectivity index (χ2n) is 3.72. The summed E-state index contributed by atoms with van der Waals surface area (Å²) < 4.78 is -1.01. The summed E-state index contributed by atoms with van der Waals surface area (Å²) in [6.45, 7) is 0. The fourth-order valence-corrected chi connectivity index (χ4v) is 3.13. The van der Waals surface area contributed by atoms with Crippen molar-refractivity contribution < 1.29 is 14.7 Å². The van der Waals surface area contributed by atoms with Crippen LogP contribution >= 0.6 is 23.4 Å². The van der Waals surface area contributed by atoms with Gasteiger partial charge in [0.1, 0.15) is 10.5 Å². The number of benzene rings is 1. The molecule has 1 aromatic carbocycles. The van der Waals surface area contributed by atoms with Gasteiger partial charge in [0.2, 0.25) is 0 Å². The number of aliphatic carboxylic acids is 1. The molecule has 0 bridgehead atoms. The van der Waals surface area contributed by atoms with Gasteiger partial charge >= 0.3 is 5.97 Å². The van der Waals surface area contributed by atoms with Crippen LogP contribution in [0.5, 0.6) is 0 Å². The van der Waals surface area contributed by atoms with Crippen molar-refractivity contribution in [1.29, 1.82) is 0 Å². The second-order valence-corrected chi connectivity index (χ2v) is 5.56. The van der Waals surface area contributed by atoms with Gasteiger partial charge in [-0.15, -0.1) is 11.8 Å². The summed E-state index contributed by atoms with van der Waals surface area (Å²) >= 11 is 7.12. The number of hydrogen-bond acceptors (Lipinski definition) is 3. The van der Waals surface area contributed by atoms with E-state index < -0.39 is 10.7 Å². The normalized spacial score (nSPS) is 17.9. The van der Waals surface area contributed by atoms with E-state index in [2.05, 4.69) is 0 Å². The highest BCUT2D eigenvalue weighted by Crippen LogP contribution is 2.47. The summed E-state index contributed by atoms with van der Waals surface area (Å²) in [6, 6.07) is 7.05. The molecule has 0 spiro atoms. The number of carbonyl (C=O) groups excluding carboxylic acids is 1. The SMILES string of the molecule is O=C1CC(Sc2ccccc2Cl)(C(=O)O)C1. The molecule has 0 aromatic heterocycles. The topological polar surface area (TPSA) is 54.4 Å². The molecule has 0 radical (unpaired) electrons. The van der Waals surface area contributed by atoms with E-state index in [4.69, 9.17) is 16.7 Å². The minimum absolute atomic E-state index is 0.0121. The number of thioether (sulfide) groups is 1. The quantitative estimate of drug-likeness (QED) is 0.903. The van der Waals surface area contributed by atoms with Gasteiger partial charge in [-0.3, -0.25) is 9.59 Å². The van der Waals surface area contributed by atoms with E-state index in [9.17, 15) is 9.59 Å². The number of rotatable bonds is 3. The van der Waals surface area contributed by atoms with Gasteiger partial charge in [0.15, 0.2) is 0 Å². The van der Waals surface area contributed by atoms with Crippen LogP contribution in [0.15, 0.2) is 29.2 Å². The van der Waals surface area contributed by atoms with Gasteiger partial charge in [-0.25, -0.2) is 0 Å². The molecule has 0 heterocycles. The Morgan fingerprint density at radius 2 is 2.00 bits per heavy atom. The summed E-state index contributed by atoms with van der Waals surface area (Å²) in [5.41, 5.74) is 0. The smallest absolute Gasteiger partial charge is 0.321 e. The van der Waals surface area contributed by atoms with E-state index in [-0.39, 0.29) is 18.6 Å². The first-order valence-corrected chi connectivity index (χ1v) is 5.92. The predicted molar refractivity (Wildman–Crippen MR) is 61.9 cm³/mol. The highest BCUT2D eigenvalue weighted by molar-refractivity contribution is 8.01. The number of hydrogen-bond donors (Lipinski definition) is 1. The lowest BCUT2D eigenvalue weighted by Gasteiger charge is -2.35. The van der Waals surface area contributed by atoms with Gasteiger partial charge in [0.05, 0.1) is 5.02 Å². The lowest BCUT2D eigenvalue weighted by Crippen LogP contribution is -2.48. The Bertz CT molecular complexity index is 450. The number of carbonyl (C=O) groups is 2. The van der Waals surface area contributed by atoms with Crippen LogP contribution in [0.3, 0.4) is 0 Å². The van der Waals surface area contributed by atoms with Crippen molar-refractivity contribution in [1.82, 2.24) is 0 Å². The summed E-state index contributed by atoms with van der Waals surface area (Å²) in [6.07, 6.45) is 0.163. The maximum atomic E-state index is 11.1. The predicted octanol–water partition coefficient (Wildman–Crippen LogP) is 2.62. The molecule has 1 N–H and O–H groups in total. The van der Waals surface area contributed by atoms with Crippen molar-refractivity contribution in [2.45, 2.75) is 22.5 Å². The Balaban J connectivity index is 2.23. The Kier molecular flexibility index (Phi) is 2.95. The molecule has 16 heavy (non-hydrogen) atoms. The largest absolute Gasteiger partial charge is 0.480 e. The molecule has 0 aliphatic heterocycles. The number of ketones is 1. The van der Waals surface area contributed by atoms with Crippen molar-refractivity contribution in [3.8, 4) is 0 Å². The molecule has 1 aliphatic rings. The molecule has 5 heteroatoms. The van der Waals surface area contributed by atoms with E-state index >= 15 is 0 Å². The van der Waals surface area contributed by atoms with Crippen molar-refractivity contribution >= 4 is 35.1 Å². The molecule has 1 fully saturated rings. The van der Waals surface area contributed by atoms with Crippen LogP contribution in [0.25, 0.3) is 0 Å². The van der Waals surface area contributed by atoms with Gasteiger partial charge in [-0.1, -0.05) is 23.7 Å². The van der Waals surface area contributed by atoms with Gasteiger partial charge in [0, 0.05) is 17.7 Å². The third-order valence-corrected chi connectivity index (χ3v) is 4.37.